The van der Waals surface area contributed by atoms with Crippen molar-refractivity contribution in [3.8, 4) is 0 Å². The lowest BCUT2D eigenvalue weighted by molar-refractivity contribution is 0.0751. The van der Waals surface area contributed by atoms with Gasteiger partial charge in [-0.25, -0.2) is 0 Å². The molecule has 3 nitrogen and oxygen atoms in total. The van der Waals surface area contributed by atoms with Crippen LogP contribution in [0.15, 0.2) is 0 Å². The van der Waals surface area contributed by atoms with Crippen molar-refractivity contribution in [2.24, 2.45) is 17.6 Å². The summed E-state index contributed by atoms with van der Waals surface area (Å²) < 4.78 is 5.73. The molecule has 1 fully saturated rings. The highest BCUT2D eigenvalue weighted by Gasteiger charge is 2.29. The van der Waals surface area contributed by atoms with E-state index in [9.17, 15) is 0 Å². The SMILES string of the molecule is CCN(CCOCCC(C)C)C1CCCC1CN. The van der Waals surface area contributed by atoms with E-state index in [-0.39, 0.29) is 0 Å². The van der Waals surface area contributed by atoms with Gasteiger partial charge in [-0.3, -0.25) is 4.90 Å². The molecule has 0 aromatic rings. The van der Waals surface area contributed by atoms with Gasteiger partial charge in [0.2, 0.25) is 0 Å². The van der Waals surface area contributed by atoms with E-state index in [1.807, 2.05) is 0 Å². The molecule has 0 saturated heterocycles. The molecule has 2 N–H and O–H groups in total. The number of rotatable bonds is 9. The van der Waals surface area contributed by atoms with Gasteiger partial charge in [-0.1, -0.05) is 27.2 Å². The molecule has 0 aromatic heterocycles. The molecule has 0 spiro atoms. The van der Waals surface area contributed by atoms with E-state index in [2.05, 4.69) is 25.7 Å². The van der Waals surface area contributed by atoms with E-state index in [4.69, 9.17) is 10.5 Å². The summed E-state index contributed by atoms with van der Waals surface area (Å²) in [4.78, 5) is 2.57. The molecule has 0 bridgehead atoms. The summed E-state index contributed by atoms with van der Waals surface area (Å²) in [6, 6.07) is 0.702. The molecule has 108 valence electrons. The lowest BCUT2D eigenvalue weighted by atomic mass is 10.0. The van der Waals surface area contributed by atoms with Crippen LogP contribution >= 0.6 is 0 Å². The second-order valence-corrected chi connectivity index (χ2v) is 5.92. The van der Waals surface area contributed by atoms with Crippen LogP contribution in [-0.2, 0) is 4.74 Å². The average molecular weight is 256 g/mol. The van der Waals surface area contributed by atoms with Crippen LogP contribution < -0.4 is 5.73 Å². The van der Waals surface area contributed by atoms with Crippen molar-refractivity contribution in [3.05, 3.63) is 0 Å². The van der Waals surface area contributed by atoms with Gasteiger partial charge in [0.05, 0.1) is 6.61 Å². The first-order valence-electron chi connectivity index (χ1n) is 7.70. The Morgan fingerprint density at radius 3 is 2.67 bits per heavy atom. The molecule has 0 heterocycles. The molecule has 0 aliphatic heterocycles. The molecule has 1 aliphatic rings. The number of hydrogen-bond donors (Lipinski definition) is 1. The summed E-state index contributed by atoms with van der Waals surface area (Å²) in [5.41, 5.74) is 5.87. The van der Waals surface area contributed by atoms with Gasteiger partial charge in [-0.15, -0.1) is 0 Å². The molecular weight excluding hydrogens is 224 g/mol. The van der Waals surface area contributed by atoms with Gasteiger partial charge in [0.25, 0.3) is 0 Å². The maximum absolute atomic E-state index is 5.87. The molecule has 0 amide bonds. The minimum atomic E-state index is 0.702. The molecule has 0 radical (unpaired) electrons. The number of hydrogen-bond acceptors (Lipinski definition) is 3. The van der Waals surface area contributed by atoms with Gasteiger partial charge in [0.15, 0.2) is 0 Å². The summed E-state index contributed by atoms with van der Waals surface area (Å²) >= 11 is 0. The van der Waals surface area contributed by atoms with E-state index < -0.39 is 0 Å². The Morgan fingerprint density at radius 1 is 1.28 bits per heavy atom. The van der Waals surface area contributed by atoms with Crippen molar-refractivity contribution in [1.82, 2.24) is 4.90 Å². The van der Waals surface area contributed by atoms with Crippen LogP contribution in [-0.4, -0.2) is 43.8 Å². The van der Waals surface area contributed by atoms with E-state index >= 15 is 0 Å². The lowest BCUT2D eigenvalue weighted by Crippen LogP contribution is -2.42. The highest BCUT2D eigenvalue weighted by molar-refractivity contribution is 4.85. The number of nitrogens with zero attached hydrogens (tertiary/aromatic N) is 1. The van der Waals surface area contributed by atoms with Crippen molar-refractivity contribution >= 4 is 0 Å². The largest absolute Gasteiger partial charge is 0.380 e. The molecule has 18 heavy (non-hydrogen) atoms. The fraction of sp³-hybridized carbons (Fsp3) is 1.00. The van der Waals surface area contributed by atoms with Crippen LogP contribution in [0.2, 0.25) is 0 Å². The van der Waals surface area contributed by atoms with Gasteiger partial charge in [0.1, 0.15) is 0 Å². The van der Waals surface area contributed by atoms with E-state index in [1.54, 1.807) is 0 Å². The zero-order chi connectivity index (χ0) is 13.4. The van der Waals surface area contributed by atoms with Crippen LogP contribution in [0.4, 0.5) is 0 Å². The van der Waals surface area contributed by atoms with Crippen LogP contribution in [0.5, 0.6) is 0 Å². The predicted molar refractivity (Wildman–Crippen MR) is 77.7 cm³/mol. The monoisotopic (exact) mass is 256 g/mol. The normalized spacial score (nSPS) is 24.3. The highest BCUT2D eigenvalue weighted by Crippen LogP contribution is 2.28. The smallest absolute Gasteiger partial charge is 0.0593 e. The summed E-state index contributed by atoms with van der Waals surface area (Å²) in [6.45, 7) is 11.5. The Hall–Kier alpha value is -0.120. The maximum Gasteiger partial charge on any atom is 0.0593 e. The molecule has 2 atom stereocenters. The van der Waals surface area contributed by atoms with Crippen molar-refractivity contribution < 1.29 is 4.74 Å². The predicted octanol–water partition coefficient (Wildman–Crippen LogP) is 2.50. The standard InChI is InChI=1S/C15H32N2O/c1-4-17(9-11-18-10-8-13(2)3)15-7-5-6-14(15)12-16/h13-15H,4-12,16H2,1-3H3. The van der Waals surface area contributed by atoms with Crippen LogP contribution in [0.1, 0.15) is 46.5 Å². The Balaban J connectivity index is 2.20. The summed E-state index contributed by atoms with van der Waals surface area (Å²) in [5, 5.41) is 0. The first-order chi connectivity index (χ1) is 8.69. The summed E-state index contributed by atoms with van der Waals surface area (Å²) in [6.07, 6.45) is 5.14. The zero-order valence-corrected chi connectivity index (χ0v) is 12.5. The van der Waals surface area contributed by atoms with Gasteiger partial charge in [-0.05, 0) is 44.2 Å². The molecule has 0 aromatic carbocycles. The second kappa shape index (κ2) is 8.89. The third kappa shape index (κ3) is 5.25. The first-order valence-corrected chi connectivity index (χ1v) is 7.70. The second-order valence-electron chi connectivity index (χ2n) is 5.92. The Morgan fingerprint density at radius 2 is 2.06 bits per heavy atom. The van der Waals surface area contributed by atoms with Crippen molar-refractivity contribution in [2.45, 2.75) is 52.5 Å². The van der Waals surface area contributed by atoms with Crippen molar-refractivity contribution in [1.29, 1.82) is 0 Å². The zero-order valence-electron chi connectivity index (χ0n) is 12.5. The third-order valence-electron chi connectivity index (χ3n) is 4.16. The van der Waals surface area contributed by atoms with Crippen LogP contribution in [0, 0.1) is 11.8 Å². The quantitative estimate of drug-likeness (QED) is 0.644. The van der Waals surface area contributed by atoms with Gasteiger partial charge in [-0.2, -0.15) is 0 Å². The van der Waals surface area contributed by atoms with Gasteiger partial charge in [0, 0.05) is 19.2 Å². The minimum absolute atomic E-state index is 0.702. The number of likely N-dealkylation sites (N-methyl/N-ethyl adjacent to an activating group) is 1. The third-order valence-corrected chi connectivity index (χ3v) is 4.16. The van der Waals surface area contributed by atoms with Crippen LogP contribution in [0.25, 0.3) is 0 Å². The topological polar surface area (TPSA) is 38.5 Å². The fourth-order valence-corrected chi connectivity index (χ4v) is 2.93. The molecular formula is C15H32N2O. The maximum atomic E-state index is 5.87. The van der Waals surface area contributed by atoms with E-state index in [1.165, 1.54) is 25.7 Å². The summed E-state index contributed by atoms with van der Waals surface area (Å²) in [7, 11) is 0. The van der Waals surface area contributed by atoms with Crippen molar-refractivity contribution in [2.75, 3.05) is 32.8 Å². The average Bonchev–Trinajstić information content (AvgIpc) is 2.81. The lowest BCUT2D eigenvalue weighted by Gasteiger charge is -2.31. The van der Waals surface area contributed by atoms with Crippen molar-refractivity contribution in [3.63, 3.8) is 0 Å². The molecule has 2 unspecified atom stereocenters. The molecule has 1 saturated carbocycles. The van der Waals surface area contributed by atoms with Crippen LogP contribution in [0.3, 0.4) is 0 Å². The fourth-order valence-electron chi connectivity index (χ4n) is 2.93. The number of ether oxygens (including phenoxy) is 1. The molecule has 1 aliphatic carbocycles. The van der Waals surface area contributed by atoms with E-state index in [0.29, 0.717) is 12.0 Å². The number of nitrogens with two attached hydrogens (primary N) is 1. The van der Waals surface area contributed by atoms with E-state index in [0.717, 1.165) is 38.8 Å². The Kier molecular flexibility index (Phi) is 7.87. The first kappa shape index (κ1) is 15.9. The summed E-state index contributed by atoms with van der Waals surface area (Å²) in [5.74, 6) is 1.45. The Labute approximate surface area is 113 Å². The Bertz CT molecular complexity index is 209. The van der Waals surface area contributed by atoms with Gasteiger partial charge >= 0.3 is 0 Å². The highest BCUT2D eigenvalue weighted by atomic mass is 16.5. The molecule has 3 heteroatoms. The van der Waals surface area contributed by atoms with Gasteiger partial charge < -0.3 is 10.5 Å². The molecule has 1 rings (SSSR count). The minimum Gasteiger partial charge on any atom is -0.380 e.